The molecule has 3 rings (SSSR count). The molecule has 1 heterocycles. The van der Waals surface area contributed by atoms with Gasteiger partial charge in [0, 0.05) is 35.5 Å². The Morgan fingerprint density at radius 3 is 2.84 bits per heavy atom. The molecule has 2 nitrogen and oxygen atoms in total. The molecule has 0 radical (unpaired) electrons. The number of nitrogens with zero attached hydrogens (tertiary/aromatic N) is 2. The number of para-hydroxylation sites is 1. The van der Waals surface area contributed by atoms with Crippen LogP contribution in [-0.4, -0.2) is 27.8 Å². The number of fused-ring (bicyclic) bond motifs is 1. The minimum atomic E-state index is 0.796. The summed E-state index contributed by atoms with van der Waals surface area (Å²) < 4.78 is 0. The zero-order valence-electron chi connectivity index (χ0n) is 11.3. The first kappa shape index (κ1) is 13.1. The highest BCUT2D eigenvalue weighted by Gasteiger charge is 2.28. The van der Waals surface area contributed by atoms with Crippen molar-refractivity contribution in [1.82, 2.24) is 9.88 Å². The maximum Gasteiger partial charge on any atom is 0.0708 e. The van der Waals surface area contributed by atoms with Gasteiger partial charge in [0.2, 0.25) is 0 Å². The number of aryl methyl sites for hydroxylation is 1. The Morgan fingerprint density at radius 2 is 2.11 bits per heavy atom. The van der Waals surface area contributed by atoms with Gasteiger partial charge in [-0.25, -0.2) is 0 Å². The predicted molar refractivity (Wildman–Crippen MR) is 83.7 cm³/mol. The van der Waals surface area contributed by atoms with E-state index in [1.807, 2.05) is 0 Å². The molecule has 1 fully saturated rings. The molecule has 1 aliphatic carbocycles. The van der Waals surface area contributed by atoms with Crippen LogP contribution in [0.5, 0.6) is 0 Å². The quantitative estimate of drug-likeness (QED) is 0.777. The van der Waals surface area contributed by atoms with Gasteiger partial charge in [0.1, 0.15) is 0 Å². The van der Waals surface area contributed by atoms with Crippen LogP contribution in [0.4, 0.5) is 0 Å². The molecule has 0 N–H and O–H groups in total. The SMILES string of the molecule is Cc1cc(CN(CCBr)C2CC2)c2ccccc2n1. The fraction of sp³-hybridized carbons (Fsp3) is 0.438. The van der Waals surface area contributed by atoms with Crippen molar-refractivity contribution in [2.75, 3.05) is 11.9 Å². The Morgan fingerprint density at radius 1 is 1.32 bits per heavy atom. The number of rotatable bonds is 5. The van der Waals surface area contributed by atoms with Crippen LogP contribution in [0, 0.1) is 6.92 Å². The first-order valence-corrected chi connectivity index (χ1v) is 8.05. The number of benzene rings is 1. The summed E-state index contributed by atoms with van der Waals surface area (Å²) in [7, 11) is 0. The van der Waals surface area contributed by atoms with Crippen LogP contribution in [0.1, 0.15) is 24.1 Å². The van der Waals surface area contributed by atoms with Crippen LogP contribution in [0.25, 0.3) is 10.9 Å². The van der Waals surface area contributed by atoms with Crippen LogP contribution in [0.3, 0.4) is 0 Å². The third kappa shape index (κ3) is 2.98. The molecule has 0 unspecified atom stereocenters. The summed E-state index contributed by atoms with van der Waals surface area (Å²) in [6.45, 7) is 4.25. The van der Waals surface area contributed by atoms with Gasteiger partial charge in [-0.1, -0.05) is 34.1 Å². The van der Waals surface area contributed by atoms with Crippen LogP contribution < -0.4 is 0 Å². The highest BCUT2D eigenvalue weighted by Crippen LogP contribution is 2.29. The van der Waals surface area contributed by atoms with E-state index in [4.69, 9.17) is 0 Å². The van der Waals surface area contributed by atoms with Gasteiger partial charge in [-0.3, -0.25) is 9.88 Å². The second kappa shape index (κ2) is 5.59. The number of alkyl halides is 1. The number of hydrogen-bond donors (Lipinski definition) is 0. The summed E-state index contributed by atoms with van der Waals surface area (Å²) >= 11 is 3.57. The molecule has 1 aromatic heterocycles. The van der Waals surface area contributed by atoms with Crippen molar-refractivity contribution in [3.63, 3.8) is 0 Å². The van der Waals surface area contributed by atoms with Crippen molar-refractivity contribution in [1.29, 1.82) is 0 Å². The summed E-state index contributed by atoms with van der Waals surface area (Å²) in [5, 5.41) is 2.35. The summed E-state index contributed by atoms with van der Waals surface area (Å²) in [5.41, 5.74) is 3.64. The van der Waals surface area contributed by atoms with E-state index in [1.165, 1.54) is 23.8 Å². The van der Waals surface area contributed by atoms with Crippen molar-refractivity contribution >= 4 is 26.8 Å². The van der Waals surface area contributed by atoms with Gasteiger partial charge < -0.3 is 0 Å². The molecule has 0 amide bonds. The first-order chi connectivity index (χ1) is 9.28. The average Bonchev–Trinajstić information content (AvgIpc) is 3.22. The molecule has 2 aromatic rings. The molecule has 0 saturated heterocycles. The first-order valence-electron chi connectivity index (χ1n) is 6.93. The number of halogens is 1. The van der Waals surface area contributed by atoms with E-state index in [-0.39, 0.29) is 0 Å². The summed E-state index contributed by atoms with van der Waals surface area (Å²) in [6, 6.07) is 11.5. The number of aromatic nitrogens is 1. The summed E-state index contributed by atoms with van der Waals surface area (Å²) in [6.07, 6.45) is 2.71. The van der Waals surface area contributed by atoms with Crippen LogP contribution >= 0.6 is 15.9 Å². The van der Waals surface area contributed by atoms with Crippen molar-refractivity contribution in [3.8, 4) is 0 Å². The maximum absolute atomic E-state index is 4.62. The molecular weight excluding hydrogens is 300 g/mol. The third-order valence-corrected chi connectivity index (χ3v) is 4.09. The lowest BCUT2D eigenvalue weighted by molar-refractivity contribution is 0.273. The standard InChI is InChI=1S/C16H19BrN2/c1-12-10-13(11-19(9-8-17)14-6-7-14)15-4-2-3-5-16(15)18-12/h2-5,10,14H,6-9,11H2,1H3. The molecule has 1 aromatic carbocycles. The maximum atomic E-state index is 4.62. The number of pyridine rings is 1. The van der Waals surface area contributed by atoms with E-state index in [0.717, 1.165) is 35.7 Å². The van der Waals surface area contributed by atoms with Crippen molar-refractivity contribution in [2.45, 2.75) is 32.4 Å². The Kier molecular flexibility index (Phi) is 3.85. The third-order valence-electron chi connectivity index (χ3n) is 3.74. The Bertz CT molecular complexity index is 578. The largest absolute Gasteiger partial charge is 0.295 e. The summed E-state index contributed by atoms with van der Waals surface area (Å²) in [4.78, 5) is 7.22. The fourth-order valence-corrected chi connectivity index (χ4v) is 3.14. The second-order valence-electron chi connectivity index (χ2n) is 5.33. The molecule has 100 valence electrons. The van der Waals surface area contributed by atoms with Gasteiger partial charge in [-0.05, 0) is 37.5 Å². The summed E-state index contributed by atoms with van der Waals surface area (Å²) in [5.74, 6) is 0. The van der Waals surface area contributed by atoms with E-state index in [9.17, 15) is 0 Å². The molecule has 0 atom stereocenters. The van der Waals surface area contributed by atoms with Crippen LogP contribution in [0.2, 0.25) is 0 Å². The predicted octanol–water partition coefficient (Wildman–Crippen LogP) is 3.90. The van der Waals surface area contributed by atoms with Crippen LogP contribution in [0.15, 0.2) is 30.3 Å². The molecule has 3 heteroatoms. The van der Waals surface area contributed by atoms with Gasteiger partial charge in [-0.15, -0.1) is 0 Å². The smallest absolute Gasteiger partial charge is 0.0708 e. The molecule has 0 spiro atoms. The Labute approximate surface area is 123 Å². The van der Waals surface area contributed by atoms with E-state index in [2.05, 4.69) is 63.1 Å². The zero-order chi connectivity index (χ0) is 13.2. The Hall–Kier alpha value is -0.930. The molecule has 19 heavy (non-hydrogen) atoms. The highest BCUT2D eigenvalue weighted by molar-refractivity contribution is 9.09. The van der Waals surface area contributed by atoms with Crippen molar-refractivity contribution < 1.29 is 0 Å². The fourth-order valence-electron chi connectivity index (χ4n) is 2.68. The van der Waals surface area contributed by atoms with Gasteiger partial charge in [0.25, 0.3) is 0 Å². The highest BCUT2D eigenvalue weighted by atomic mass is 79.9. The average molecular weight is 319 g/mol. The molecule has 1 aliphatic rings. The Balaban J connectivity index is 1.94. The minimum absolute atomic E-state index is 0.796. The van der Waals surface area contributed by atoms with Gasteiger partial charge >= 0.3 is 0 Å². The molecule has 0 bridgehead atoms. The van der Waals surface area contributed by atoms with Gasteiger partial charge in [0.05, 0.1) is 5.52 Å². The molecular formula is C16H19BrN2. The minimum Gasteiger partial charge on any atom is -0.295 e. The van der Waals surface area contributed by atoms with E-state index in [0.29, 0.717) is 0 Å². The molecule has 0 aliphatic heterocycles. The van der Waals surface area contributed by atoms with Crippen LogP contribution in [-0.2, 0) is 6.54 Å². The second-order valence-corrected chi connectivity index (χ2v) is 6.12. The van der Waals surface area contributed by atoms with E-state index >= 15 is 0 Å². The van der Waals surface area contributed by atoms with Gasteiger partial charge in [-0.2, -0.15) is 0 Å². The van der Waals surface area contributed by atoms with Crippen molar-refractivity contribution in [2.24, 2.45) is 0 Å². The van der Waals surface area contributed by atoms with Crippen molar-refractivity contribution in [3.05, 3.63) is 41.6 Å². The molecule has 1 saturated carbocycles. The van der Waals surface area contributed by atoms with E-state index in [1.54, 1.807) is 0 Å². The van der Waals surface area contributed by atoms with E-state index < -0.39 is 0 Å². The van der Waals surface area contributed by atoms with Gasteiger partial charge in [0.15, 0.2) is 0 Å². The zero-order valence-corrected chi connectivity index (χ0v) is 12.9. The lowest BCUT2D eigenvalue weighted by Gasteiger charge is -2.22. The normalized spacial score (nSPS) is 15.3. The topological polar surface area (TPSA) is 16.1 Å². The lowest BCUT2D eigenvalue weighted by Crippen LogP contribution is -2.27. The monoisotopic (exact) mass is 318 g/mol. The lowest BCUT2D eigenvalue weighted by atomic mass is 10.1. The number of hydrogen-bond acceptors (Lipinski definition) is 2.